The normalized spacial score (nSPS) is 15.1. The first-order valence-electron chi connectivity index (χ1n) is 7.96. The van der Waals surface area contributed by atoms with Gasteiger partial charge in [-0.25, -0.2) is 9.78 Å². The molecule has 0 saturated heterocycles. The summed E-state index contributed by atoms with van der Waals surface area (Å²) in [5.41, 5.74) is 0.875. The minimum Gasteiger partial charge on any atom is -0.476 e. The van der Waals surface area contributed by atoms with Crippen molar-refractivity contribution < 1.29 is 25.2 Å². The molecule has 8 heteroatoms. The molecule has 0 amide bonds. The van der Waals surface area contributed by atoms with Crippen LogP contribution in [0.2, 0.25) is 0 Å². The van der Waals surface area contributed by atoms with Crippen molar-refractivity contribution in [2.75, 3.05) is 0 Å². The van der Waals surface area contributed by atoms with Crippen molar-refractivity contribution in [1.82, 2.24) is 9.55 Å². The quantitative estimate of drug-likeness (QED) is 0.585. The highest BCUT2D eigenvalue weighted by Crippen LogP contribution is 2.18. The van der Waals surface area contributed by atoms with E-state index in [-0.39, 0.29) is 13.0 Å². The number of carbonyl (C=O) groups is 1. The third-order valence-corrected chi connectivity index (χ3v) is 4.34. The summed E-state index contributed by atoms with van der Waals surface area (Å²) in [6, 6.07) is 3.34. The molecule has 0 unspecified atom stereocenters. The van der Waals surface area contributed by atoms with E-state index < -0.39 is 35.5 Å². The molecule has 3 atom stereocenters. The Kier molecular flexibility index (Phi) is 5.56. The average Bonchev–Trinajstić information content (AvgIpc) is 2.57. The Morgan fingerprint density at radius 2 is 1.76 bits per heavy atom. The summed E-state index contributed by atoms with van der Waals surface area (Å²) in [6.45, 7) is 4.95. The van der Waals surface area contributed by atoms with E-state index in [2.05, 4.69) is 4.98 Å². The molecule has 136 valence electrons. The van der Waals surface area contributed by atoms with E-state index in [4.69, 9.17) is 0 Å². The summed E-state index contributed by atoms with van der Waals surface area (Å²) < 4.78 is 1.08. The number of hydrogen-bond donors (Lipinski definition) is 4. The van der Waals surface area contributed by atoms with Crippen LogP contribution in [0.5, 0.6) is 0 Å². The second-order valence-electron chi connectivity index (χ2n) is 6.14. The number of aromatic carboxylic acids is 1. The molecule has 0 radical (unpaired) electrons. The van der Waals surface area contributed by atoms with Crippen molar-refractivity contribution in [2.45, 2.75) is 52.0 Å². The minimum atomic E-state index is -1.47. The predicted octanol–water partition coefficient (Wildman–Crippen LogP) is 0.204. The van der Waals surface area contributed by atoms with Crippen LogP contribution in [0.15, 0.2) is 16.9 Å². The van der Waals surface area contributed by atoms with Gasteiger partial charge in [0.2, 0.25) is 5.69 Å². The number of aryl methyl sites for hydroxylation is 2. The summed E-state index contributed by atoms with van der Waals surface area (Å²) >= 11 is 0. The molecule has 8 nitrogen and oxygen atoms in total. The minimum absolute atomic E-state index is 0.225. The smallest absolute Gasteiger partial charge is 0.360 e. The lowest BCUT2D eigenvalue weighted by molar-refractivity contribution is -0.0651. The van der Waals surface area contributed by atoms with Crippen LogP contribution in [-0.2, 0) is 6.54 Å². The Labute approximate surface area is 144 Å². The summed E-state index contributed by atoms with van der Waals surface area (Å²) in [5, 5.41) is 39.0. The van der Waals surface area contributed by atoms with Crippen molar-refractivity contribution in [3.63, 3.8) is 0 Å². The Balaban J connectivity index is 2.64. The van der Waals surface area contributed by atoms with Gasteiger partial charge in [0, 0.05) is 0 Å². The first-order valence-corrected chi connectivity index (χ1v) is 7.96. The number of aliphatic hydroxyl groups excluding tert-OH is 3. The number of fused-ring (bicyclic) bond motifs is 1. The zero-order valence-electron chi connectivity index (χ0n) is 14.3. The first kappa shape index (κ1) is 19.0. The summed E-state index contributed by atoms with van der Waals surface area (Å²) in [6.07, 6.45) is -3.83. The van der Waals surface area contributed by atoms with E-state index in [1.807, 2.05) is 13.8 Å². The molecule has 0 aliphatic carbocycles. The SMILES string of the molecule is CC[C@@H](O)[C@@H](O)[C@@H](O)Cn1c(=O)c(C(=O)O)nc2cc(C)c(C)cc21. The molecular formula is C17H22N2O6. The molecule has 0 saturated carbocycles. The first-order chi connectivity index (χ1) is 11.7. The molecule has 2 aromatic rings. The van der Waals surface area contributed by atoms with Crippen LogP contribution in [0.25, 0.3) is 11.0 Å². The second-order valence-corrected chi connectivity index (χ2v) is 6.14. The molecule has 1 heterocycles. The van der Waals surface area contributed by atoms with Crippen LogP contribution >= 0.6 is 0 Å². The van der Waals surface area contributed by atoms with Crippen molar-refractivity contribution in [1.29, 1.82) is 0 Å². The molecule has 25 heavy (non-hydrogen) atoms. The monoisotopic (exact) mass is 350 g/mol. The van der Waals surface area contributed by atoms with E-state index in [1.54, 1.807) is 19.1 Å². The fraction of sp³-hybridized carbons (Fsp3) is 0.471. The maximum absolute atomic E-state index is 12.5. The topological polar surface area (TPSA) is 133 Å². The van der Waals surface area contributed by atoms with Gasteiger partial charge in [0.15, 0.2) is 0 Å². The summed E-state index contributed by atoms with van der Waals surface area (Å²) in [7, 11) is 0. The Morgan fingerprint density at radius 1 is 1.16 bits per heavy atom. The third kappa shape index (κ3) is 3.71. The van der Waals surface area contributed by atoms with Gasteiger partial charge in [0.1, 0.15) is 12.2 Å². The number of aliphatic hydroxyl groups is 3. The highest BCUT2D eigenvalue weighted by Gasteiger charge is 2.26. The van der Waals surface area contributed by atoms with Gasteiger partial charge >= 0.3 is 5.97 Å². The average molecular weight is 350 g/mol. The lowest BCUT2D eigenvalue weighted by Crippen LogP contribution is -2.42. The molecule has 4 N–H and O–H groups in total. The molecular weight excluding hydrogens is 328 g/mol. The largest absolute Gasteiger partial charge is 0.476 e. The van der Waals surface area contributed by atoms with Gasteiger partial charge in [-0.2, -0.15) is 0 Å². The van der Waals surface area contributed by atoms with Gasteiger partial charge in [-0.3, -0.25) is 4.79 Å². The highest BCUT2D eigenvalue weighted by molar-refractivity contribution is 5.88. The van der Waals surface area contributed by atoms with Crippen LogP contribution < -0.4 is 5.56 Å². The van der Waals surface area contributed by atoms with E-state index in [0.717, 1.165) is 15.7 Å². The van der Waals surface area contributed by atoms with Crippen LogP contribution in [-0.4, -0.2) is 54.3 Å². The van der Waals surface area contributed by atoms with Gasteiger partial charge in [0.25, 0.3) is 5.56 Å². The Morgan fingerprint density at radius 3 is 2.32 bits per heavy atom. The van der Waals surface area contributed by atoms with Crippen LogP contribution in [0.4, 0.5) is 0 Å². The number of nitrogens with zero attached hydrogens (tertiary/aromatic N) is 2. The number of benzene rings is 1. The van der Waals surface area contributed by atoms with Crippen LogP contribution in [0, 0.1) is 13.8 Å². The van der Waals surface area contributed by atoms with E-state index in [1.165, 1.54) is 0 Å². The Bertz CT molecular complexity index is 860. The number of carboxylic acids is 1. The fourth-order valence-electron chi connectivity index (χ4n) is 2.61. The summed E-state index contributed by atoms with van der Waals surface area (Å²) in [4.78, 5) is 27.7. The Hall–Kier alpha value is -2.29. The van der Waals surface area contributed by atoms with Crippen molar-refractivity contribution in [3.05, 3.63) is 39.3 Å². The number of carboxylic acid groups (broad SMARTS) is 1. The van der Waals surface area contributed by atoms with Gasteiger partial charge in [-0.05, 0) is 43.5 Å². The van der Waals surface area contributed by atoms with E-state index in [9.17, 15) is 30.0 Å². The zero-order valence-corrected chi connectivity index (χ0v) is 14.3. The molecule has 2 rings (SSSR count). The number of rotatable bonds is 6. The van der Waals surface area contributed by atoms with Crippen LogP contribution in [0.1, 0.15) is 35.0 Å². The fourth-order valence-corrected chi connectivity index (χ4v) is 2.61. The van der Waals surface area contributed by atoms with Gasteiger partial charge in [-0.1, -0.05) is 6.92 Å². The molecule has 0 bridgehead atoms. The molecule has 0 spiro atoms. The van der Waals surface area contributed by atoms with Crippen molar-refractivity contribution in [3.8, 4) is 0 Å². The predicted molar refractivity (Wildman–Crippen MR) is 90.7 cm³/mol. The van der Waals surface area contributed by atoms with Gasteiger partial charge in [0.05, 0.1) is 23.7 Å². The maximum Gasteiger partial charge on any atom is 0.360 e. The standard InChI is InChI=1S/C17H22N2O6/c1-4-12(20)15(22)13(21)7-19-11-6-9(3)8(2)5-10(11)18-14(16(19)23)17(24)25/h5-6,12-13,15,20-22H,4,7H2,1-3H3,(H,24,25)/t12-,13+,15-/m1/s1. The van der Waals surface area contributed by atoms with E-state index in [0.29, 0.717) is 11.0 Å². The molecule has 1 aromatic carbocycles. The van der Waals surface area contributed by atoms with Crippen LogP contribution in [0.3, 0.4) is 0 Å². The molecule has 0 aliphatic rings. The second kappa shape index (κ2) is 7.30. The van der Waals surface area contributed by atoms with Gasteiger partial charge < -0.3 is 25.0 Å². The lowest BCUT2D eigenvalue weighted by atomic mass is 10.1. The lowest BCUT2D eigenvalue weighted by Gasteiger charge is -2.23. The van der Waals surface area contributed by atoms with Gasteiger partial charge in [-0.15, -0.1) is 0 Å². The van der Waals surface area contributed by atoms with Crippen molar-refractivity contribution >= 4 is 17.0 Å². The number of hydrogen-bond acceptors (Lipinski definition) is 6. The van der Waals surface area contributed by atoms with E-state index >= 15 is 0 Å². The van der Waals surface area contributed by atoms with Crippen molar-refractivity contribution in [2.24, 2.45) is 0 Å². The summed E-state index contributed by atoms with van der Waals surface area (Å²) in [5.74, 6) is -1.47. The molecule has 1 aromatic heterocycles. The third-order valence-electron chi connectivity index (χ3n) is 4.34. The highest BCUT2D eigenvalue weighted by atomic mass is 16.4. The maximum atomic E-state index is 12.5. The number of aromatic nitrogens is 2. The molecule has 0 fully saturated rings. The molecule has 0 aliphatic heterocycles. The zero-order chi connectivity index (χ0) is 18.9.